The van der Waals surface area contributed by atoms with Gasteiger partial charge in [0.1, 0.15) is 0 Å². The molecule has 1 heterocycles. The fourth-order valence-electron chi connectivity index (χ4n) is 2.13. The van der Waals surface area contributed by atoms with Gasteiger partial charge in [-0.05, 0) is 37.4 Å². The van der Waals surface area contributed by atoms with Gasteiger partial charge in [-0.1, -0.05) is 6.07 Å². The number of aromatic nitrogens is 1. The van der Waals surface area contributed by atoms with Crippen LogP contribution in [0.25, 0.3) is 0 Å². The minimum atomic E-state index is 0.290. The average Bonchev–Trinajstić information content (AvgIpc) is 2.99. The Labute approximate surface area is 96.7 Å². The summed E-state index contributed by atoms with van der Waals surface area (Å²) in [6, 6.07) is 8.28. The summed E-state index contributed by atoms with van der Waals surface area (Å²) in [5.74, 6) is 0. The van der Waals surface area contributed by atoms with Crippen LogP contribution in [0.1, 0.15) is 25.0 Å². The Morgan fingerprint density at radius 2 is 2.31 bits per heavy atom. The van der Waals surface area contributed by atoms with E-state index in [0.717, 1.165) is 18.8 Å². The molecule has 1 aliphatic rings. The van der Waals surface area contributed by atoms with E-state index in [9.17, 15) is 0 Å². The molecule has 1 aromatic rings. The first kappa shape index (κ1) is 11.1. The molecular weight excluding hydrogens is 198 g/mol. The second-order valence-electron chi connectivity index (χ2n) is 4.83. The number of nitrogens with zero attached hydrogens (tertiary/aromatic N) is 3. The molecule has 16 heavy (non-hydrogen) atoms. The van der Waals surface area contributed by atoms with E-state index >= 15 is 0 Å². The number of hydrogen-bond acceptors (Lipinski definition) is 3. The van der Waals surface area contributed by atoms with Gasteiger partial charge in [-0.15, -0.1) is 0 Å². The van der Waals surface area contributed by atoms with Gasteiger partial charge in [0.15, 0.2) is 0 Å². The van der Waals surface area contributed by atoms with Crippen molar-refractivity contribution in [3.63, 3.8) is 0 Å². The Bertz CT molecular complexity index is 376. The highest BCUT2D eigenvalue weighted by Gasteiger charge is 2.42. The van der Waals surface area contributed by atoms with Crippen LogP contribution in [0, 0.1) is 16.7 Å². The van der Waals surface area contributed by atoms with Crippen LogP contribution in [0.2, 0.25) is 0 Å². The SMILES string of the molecule is CN(Cc1ccccn1)CC1(CC#N)CC1. The minimum absolute atomic E-state index is 0.290. The van der Waals surface area contributed by atoms with Crippen molar-refractivity contribution in [1.29, 1.82) is 5.26 Å². The molecule has 1 aliphatic carbocycles. The van der Waals surface area contributed by atoms with E-state index in [1.165, 1.54) is 12.8 Å². The number of hydrogen-bond donors (Lipinski definition) is 0. The second kappa shape index (κ2) is 4.63. The molecule has 2 rings (SSSR count). The van der Waals surface area contributed by atoms with E-state index in [1.54, 1.807) is 0 Å². The van der Waals surface area contributed by atoms with Crippen LogP contribution in [-0.4, -0.2) is 23.5 Å². The van der Waals surface area contributed by atoms with Crippen molar-refractivity contribution in [2.45, 2.75) is 25.8 Å². The predicted molar refractivity (Wildman–Crippen MR) is 62.5 cm³/mol. The summed E-state index contributed by atoms with van der Waals surface area (Å²) in [6.45, 7) is 1.88. The fourth-order valence-corrected chi connectivity index (χ4v) is 2.13. The van der Waals surface area contributed by atoms with Crippen molar-refractivity contribution >= 4 is 0 Å². The standard InChI is InChI=1S/C13H17N3/c1-16(10-12-4-2-3-9-15-12)11-13(5-6-13)7-8-14/h2-4,9H,5-7,10-11H2,1H3. The highest BCUT2D eigenvalue weighted by atomic mass is 15.1. The van der Waals surface area contributed by atoms with E-state index in [2.05, 4.69) is 23.0 Å². The van der Waals surface area contributed by atoms with Gasteiger partial charge in [0.2, 0.25) is 0 Å². The molecule has 0 radical (unpaired) electrons. The molecule has 0 amide bonds. The van der Waals surface area contributed by atoms with Crippen molar-refractivity contribution in [3.05, 3.63) is 30.1 Å². The zero-order valence-electron chi connectivity index (χ0n) is 9.69. The molecule has 84 valence electrons. The second-order valence-corrected chi connectivity index (χ2v) is 4.83. The van der Waals surface area contributed by atoms with Gasteiger partial charge in [0.05, 0.1) is 11.8 Å². The third-order valence-corrected chi connectivity index (χ3v) is 3.17. The van der Waals surface area contributed by atoms with E-state index in [0.29, 0.717) is 6.42 Å². The molecule has 0 N–H and O–H groups in total. The molecule has 0 unspecified atom stereocenters. The zero-order valence-corrected chi connectivity index (χ0v) is 9.69. The van der Waals surface area contributed by atoms with Crippen molar-refractivity contribution in [3.8, 4) is 6.07 Å². The van der Waals surface area contributed by atoms with Crippen LogP contribution in [0.4, 0.5) is 0 Å². The van der Waals surface area contributed by atoms with Crippen LogP contribution >= 0.6 is 0 Å². The Kier molecular flexibility index (Phi) is 3.21. The van der Waals surface area contributed by atoms with Gasteiger partial charge in [-0.2, -0.15) is 5.26 Å². The molecule has 1 fully saturated rings. The van der Waals surface area contributed by atoms with E-state index in [-0.39, 0.29) is 5.41 Å². The van der Waals surface area contributed by atoms with Gasteiger partial charge in [0.25, 0.3) is 0 Å². The van der Waals surface area contributed by atoms with Crippen LogP contribution in [0.5, 0.6) is 0 Å². The van der Waals surface area contributed by atoms with Gasteiger partial charge in [0, 0.05) is 25.7 Å². The third kappa shape index (κ3) is 2.80. The maximum atomic E-state index is 8.76. The summed E-state index contributed by atoms with van der Waals surface area (Å²) >= 11 is 0. The minimum Gasteiger partial charge on any atom is -0.300 e. The third-order valence-electron chi connectivity index (χ3n) is 3.17. The normalized spacial score (nSPS) is 17.1. The van der Waals surface area contributed by atoms with Crippen molar-refractivity contribution in [2.75, 3.05) is 13.6 Å². The lowest BCUT2D eigenvalue weighted by molar-refractivity contribution is 0.255. The van der Waals surface area contributed by atoms with E-state index < -0.39 is 0 Å². The summed E-state index contributed by atoms with van der Waals surface area (Å²) in [7, 11) is 2.10. The Morgan fingerprint density at radius 1 is 1.50 bits per heavy atom. The Balaban J connectivity index is 1.86. The summed E-state index contributed by atoms with van der Waals surface area (Å²) in [4.78, 5) is 6.58. The van der Waals surface area contributed by atoms with Crippen molar-refractivity contribution in [2.24, 2.45) is 5.41 Å². The van der Waals surface area contributed by atoms with Gasteiger partial charge >= 0.3 is 0 Å². The molecule has 3 heteroatoms. The molecule has 0 bridgehead atoms. The molecule has 1 aromatic heterocycles. The quantitative estimate of drug-likeness (QED) is 0.756. The smallest absolute Gasteiger partial charge is 0.0628 e. The number of pyridine rings is 1. The molecule has 0 aromatic carbocycles. The predicted octanol–water partition coefficient (Wildman–Crippen LogP) is 2.21. The summed E-state index contributed by atoms with van der Waals surface area (Å²) in [6.07, 6.45) is 4.92. The van der Waals surface area contributed by atoms with Crippen molar-refractivity contribution in [1.82, 2.24) is 9.88 Å². The van der Waals surface area contributed by atoms with Crippen LogP contribution < -0.4 is 0 Å². The van der Waals surface area contributed by atoms with E-state index in [4.69, 9.17) is 5.26 Å². The molecular formula is C13H17N3. The zero-order chi connectivity index (χ0) is 11.4. The molecule has 0 saturated heterocycles. The molecule has 0 spiro atoms. The first-order chi connectivity index (χ1) is 7.74. The fraction of sp³-hybridized carbons (Fsp3) is 0.538. The first-order valence-corrected chi connectivity index (χ1v) is 5.70. The lowest BCUT2D eigenvalue weighted by atomic mass is 10.0. The lowest BCUT2D eigenvalue weighted by Crippen LogP contribution is -2.26. The first-order valence-electron chi connectivity index (χ1n) is 5.70. The maximum absolute atomic E-state index is 8.76. The van der Waals surface area contributed by atoms with Gasteiger partial charge in [-0.25, -0.2) is 0 Å². The largest absolute Gasteiger partial charge is 0.300 e. The molecule has 3 nitrogen and oxygen atoms in total. The monoisotopic (exact) mass is 215 g/mol. The summed E-state index contributed by atoms with van der Waals surface area (Å²) in [5.41, 5.74) is 1.39. The molecule has 0 aliphatic heterocycles. The summed E-state index contributed by atoms with van der Waals surface area (Å²) < 4.78 is 0. The maximum Gasteiger partial charge on any atom is 0.0628 e. The number of rotatable bonds is 5. The lowest BCUT2D eigenvalue weighted by Gasteiger charge is -2.21. The Morgan fingerprint density at radius 3 is 2.88 bits per heavy atom. The van der Waals surface area contributed by atoms with Crippen LogP contribution in [0.3, 0.4) is 0 Å². The van der Waals surface area contributed by atoms with Crippen molar-refractivity contribution < 1.29 is 0 Å². The molecule has 0 atom stereocenters. The van der Waals surface area contributed by atoms with Gasteiger partial charge < -0.3 is 0 Å². The van der Waals surface area contributed by atoms with Gasteiger partial charge in [-0.3, -0.25) is 9.88 Å². The summed E-state index contributed by atoms with van der Waals surface area (Å²) in [5, 5.41) is 8.76. The molecule has 1 saturated carbocycles. The highest BCUT2D eigenvalue weighted by molar-refractivity contribution is 5.05. The Hall–Kier alpha value is -1.40. The van der Waals surface area contributed by atoms with E-state index in [1.807, 2.05) is 24.4 Å². The van der Waals surface area contributed by atoms with Crippen LogP contribution in [-0.2, 0) is 6.54 Å². The average molecular weight is 215 g/mol. The number of nitriles is 1. The van der Waals surface area contributed by atoms with Crippen LogP contribution in [0.15, 0.2) is 24.4 Å². The highest BCUT2D eigenvalue weighted by Crippen LogP contribution is 2.48. The topological polar surface area (TPSA) is 39.9 Å².